The van der Waals surface area contributed by atoms with Gasteiger partial charge < -0.3 is 9.09 Å². The van der Waals surface area contributed by atoms with Crippen LogP contribution in [0.4, 0.5) is 0 Å². The topological polar surface area (TPSA) is 43.9 Å². The minimum atomic E-state index is 0.272. The van der Waals surface area contributed by atoms with Crippen LogP contribution in [0.15, 0.2) is 22.9 Å². The van der Waals surface area contributed by atoms with Crippen molar-refractivity contribution in [3.05, 3.63) is 24.2 Å². The largest absolute Gasteiger partial charge is 0.347 e. The Morgan fingerprint density at radius 2 is 2.46 bits per heavy atom. The Morgan fingerprint density at radius 1 is 1.62 bits per heavy atom. The summed E-state index contributed by atoms with van der Waals surface area (Å²) >= 11 is 5.55. The fourth-order valence-corrected chi connectivity index (χ4v) is 1.20. The van der Waals surface area contributed by atoms with Crippen LogP contribution in [0.25, 0.3) is 11.6 Å². The molecule has 0 aliphatic rings. The molecule has 0 atom stereocenters. The monoisotopic (exact) mass is 197 g/mol. The first-order valence-corrected chi connectivity index (χ1v) is 4.35. The van der Waals surface area contributed by atoms with Crippen LogP contribution in [0.1, 0.15) is 5.82 Å². The van der Waals surface area contributed by atoms with Gasteiger partial charge in [0.2, 0.25) is 0 Å². The lowest BCUT2D eigenvalue weighted by Gasteiger charge is -1.94. The maximum atomic E-state index is 5.55. The van der Waals surface area contributed by atoms with Crippen molar-refractivity contribution in [3.8, 4) is 11.6 Å². The average Bonchev–Trinajstić information content (AvgIpc) is 2.71. The number of nitrogens with zero attached hydrogens (tertiary/aromatic N) is 3. The number of hydrogen-bond donors (Lipinski definition) is 0. The van der Waals surface area contributed by atoms with E-state index >= 15 is 0 Å². The molecule has 13 heavy (non-hydrogen) atoms. The van der Waals surface area contributed by atoms with E-state index in [0.29, 0.717) is 11.7 Å². The molecule has 0 aliphatic carbocycles. The van der Waals surface area contributed by atoms with Crippen molar-refractivity contribution in [1.82, 2.24) is 14.7 Å². The van der Waals surface area contributed by atoms with Gasteiger partial charge in [-0.05, 0) is 12.1 Å². The molecule has 0 unspecified atom stereocenters. The fourth-order valence-electron chi connectivity index (χ4n) is 1.10. The average molecular weight is 198 g/mol. The summed E-state index contributed by atoms with van der Waals surface area (Å²) in [6.07, 6.45) is 1.92. The zero-order valence-corrected chi connectivity index (χ0v) is 7.82. The molecular weight excluding hydrogens is 190 g/mol. The summed E-state index contributed by atoms with van der Waals surface area (Å²) < 4.78 is 6.92. The highest BCUT2D eigenvalue weighted by molar-refractivity contribution is 6.16. The number of hydrogen-bond acceptors (Lipinski definition) is 3. The zero-order chi connectivity index (χ0) is 9.26. The smallest absolute Gasteiger partial charge is 0.274 e. The standard InChI is InChI=1S/C8H8ClN3O/c1-12-4-2-3-6(12)8-10-7(5-9)11-13-8/h2-4H,5H2,1H3. The van der Waals surface area contributed by atoms with E-state index < -0.39 is 0 Å². The molecule has 0 fully saturated rings. The Bertz CT molecular complexity index is 407. The van der Waals surface area contributed by atoms with E-state index in [1.165, 1.54) is 0 Å². The van der Waals surface area contributed by atoms with E-state index in [0.717, 1.165) is 5.69 Å². The molecule has 0 saturated carbocycles. The molecule has 2 heterocycles. The molecule has 0 spiro atoms. The molecule has 2 aromatic rings. The lowest BCUT2D eigenvalue weighted by atomic mass is 10.4. The van der Waals surface area contributed by atoms with Gasteiger partial charge in [0.15, 0.2) is 5.82 Å². The molecule has 4 nitrogen and oxygen atoms in total. The van der Waals surface area contributed by atoms with E-state index in [4.69, 9.17) is 16.1 Å². The van der Waals surface area contributed by atoms with Crippen LogP contribution < -0.4 is 0 Å². The van der Waals surface area contributed by atoms with E-state index in [1.54, 1.807) is 0 Å². The summed E-state index contributed by atoms with van der Waals surface area (Å²) in [6, 6.07) is 3.82. The molecule has 2 rings (SSSR count). The van der Waals surface area contributed by atoms with Gasteiger partial charge in [-0.15, -0.1) is 11.6 Å². The molecule has 0 bridgehead atoms. The summed E-state index contributed by atoms with van der Waals surface area (Å²) in [5.74, 6) is 1.29. The van der Waals surface area contributed by atoms with Gasteiger partial charge in [0.05, 0.1) is 5.88 Å². The molecule has 0 N–H and O–H groups in total. The molecule has 0 saturated heterocycles. The summed E-state index contributed by atoms with van der Waals surface area (Å²) in [5.41, 5.74) is 0.892. The van der Waals surface area contributed by atoms with Gasteiger partial charge in [-0.2, -0.15) is 4.98 Å². The number of aryl methyl sites for hydroxylation is 1. The first-order chi connectivity index (χ1) is 6.31. The van der Waals surface area contributed by atoms with E-state index in [2.05, 4.69) is 10.1 Å². The van der Waals surface area contributed by atoms with Crippen LogP contribution in [0, 0.1) is 0 Å². The van der Waals surface area contributed by atoms with Crippen LogP contribution in [0.5, 0.6) is 0 Å². The number of rotatable bonds is 2. The first kappa shape index (κ1) is 8.31. The van der Waals surface area contributed by atoms with Gasteiger partial charge in [0.25, 0.3) is 5.89 Å². The predicted octanol–water partition coefficient (Wildman–Crippen LogP) is 1.81. The summed E-state index contributed by atoms with van der Waals surface area (Å²) in [6.45, 7) is 0. The van der Waals surface area contributed by atoms with Gasteiger partial charge in [-0.3, -0.25) is 0 Å². The van der Waals surface area contributed by atoms with Crippen LogP contribution in [-0.2, 0) is 12.9 Å². The van der Waals surface area contributed by atoms with E-state index in [9.17, 15) is 0 Å². The Morgan fingerprint density at radius 3 is 3.00 bits per heavy atom. The first-order valence-electron chi connectivity index (χ1n) is 3.81. The van der Waals surface area contributed by atoms with Crippen LogP contribution >= 0.6 is 11.6 Å². The Labute approximate surface area is 80.1 Å². The number of aromatic nitrogens is 3. The summed E-state index contributed by atoms with van der Waals surface area (Å²) in [4.78, 5) is 4.10. The molecule has 0 radical (unpaired) electrons. The lowest BCUT2D eigenvalue weighted by Crippen LogP contribution is -1.89. The van der Waals surface area contributed by atoms with E-state index in [-0.39, 0.29) is 5.88 Å². The second kappa shape index (κ2) is 3.22. The molecule has 0 amide bonds. The van der Waals surface area contributed by atoms with Crippen LogP contribution in [0.3, 0.4) is 0 Å². The van der Waals surface area contributed by atoms with Crippen molar-refractivity contribution >= 4 is 11.6 Å². The van der Waals surface area contributed by atoms with Crippen molar-refractivity contribution in [2.75, 3.05) is 0 Å². The van der Waals surface area contributed by atoms with Gasteiger partial charge in [-0.1, -0.05) is 5.16 Å². The summed E-state index contributed by atoms with van der Waals surface area (Å²) in [7, 11) is 1.92. The molecule has 2 aromatic heterocycles. The Kier molecular flexibility index (Phi) is 2.06. The molecule has 0 aromatic carbocycles. The third-order valence-corrected chi connectivity index (χ3v) is 1.99. The van der Waals surface area contributed by atoms with Gasteiger partial charge >= 0.3 is 0 Å². The highest BCUT2D eigenvalue weighted by Crippen LogP contribution is 2.16. The number of alkyl halides is 1. The van der Waals surface area contributed by atoms with Crippen molar-refractivity contribution in [3.63, 3.8) is 0 Å². The fraction of sp³-hybridized carbons (Fsp3) is 0.250. The molecular formula is C8H8ClN3O. The quantitative estimate of drug-likeness (QED) is 0.690. The van der Waals surface area contributed by atoms with Crippen molar-refractivity contribution in [2.24, 2.45) is 7.05 Å². The minimum Gasteiger partial charge on any atom is -0.347 e. The highest BCUT2D eigenvalue weighted by Gasteiger charge is 2.09. The van der Waals surface area contributed by atoms with E-state index in [1.807, 2.05) is 29.9 Å². The van der Waals surface area contributed by atoms with Gasteiger partial charge in [0, 0.05) is 13.2 Å². The van der Waals surface area contributed by atoms with Crippen molar-refractivity contribution in [2.45, 2.75) is 5.88 Å². The zero-order valence-electron chi connectivity index (χ0n) is 7.07. The SMILES string of the molecule is Cn1cccc1-c1nc(CCl)no1. The Balaban J connectivity index is 2.41. The van der Waals surface area contributed by atoms with Gasteiger partial charge in [-0.25, -0.2) is 0 Å². The predicted molar refractivity (Wildman–Crippen MR) is 48.3 cm³/mol. The molecule has 5 heteroatoms. The molecule has 68 valence electrons. The summed E-state index contributed by atoms with van der Waals surface area (Å²) in [5, 5.41) is 3.70. The Hall–Kier alpha value is -1.29. The lowest BCUT2D eigenvalue weighted by molar-refractivity contribution is 0.422. The minimum absolute atomic E-state index is 0.272. The third-order valence-electron chi connectivity index (χ3n) is 1.75. The molecule has 0 aliphatic heterocycles. The van der Waals surface area contributed by atoms with Crippen LogP contribution in [-0.4, -0.2) is 14.7 Å². The second-order valence-corrected chi connectivity index (χ2v) is 2.92. The maximum absolute atomic E-state index is 5.55. The van der Waals surface area contributed by atoms with Crippen molar-refractivity contribution in [1.29, 1.82) is 0 Å². The second-order valence-electron chi connectivity index (χ2n) is 2.65. The van der Waals surface area contributed by atoms with Crippen molar-refractivity contribution < 1.29 is 4.52 Å². The van der Waals surface area contributed by atoms with Crippen LogP contribution in [0.2, 0.25) is 0 Å². The van der Waals surface area contributed by atoms with Gasteiger partial charge in [0.1, 0.15) is 5.69 Å². The third kappa shape index (κ3) is 1.45. The number of halogens is 1. The normalized spacial score (nSPS) is 10.6. The maximum Gasteiger partial charge on any atom is 0.274 e. The highest BCUT2D eigenvalue weighted by atomic mass is 35.5.